The first-order valence-electron chi connectivity index (χ1n) is 4.24. The van der Waals surface area contributed by atoms with Crippen molar-refractivity contribution in [2.45, 2.75) is 0 Å². The van der Waals surface area contributed by atoms with Gasteiger partial charge in [-0.3, -0.25) is 0 Å². The van der Waals surface area contributed by atoms with Gasteiger partial charge in [0.1, 0.15) is 0 Å². The third-order valence-corrected chi connectivity index (χ3v) is 2.37. The fourth-order valence-corrected chi connectivity index (χ4v) is 1.61. The van der Waals surface area contributed by atoms with Crippen molar-refractivity contribution in [1.29, 1.82) is 0 Å². The van der Waals surface area contributed by atoms with Crippen LogP contribution in [0.1, 0.15) is 0 Å². The number of anilines is 2. The first-order chi connectivity index (χ1) is 7.65. The Kier molecular flexibility index (Phi) is 5.51. The molecule has 0 fully saturated rings. The summed E-state index contributed by atoms with van der Waals surface area (Å²) in [5.41, 5.74) is 0.669. The zero-order valence-electron chi connectivity index (χ0n) is 7.78. The van der Waals surface area contributed by atoms with Crippen molar-refractivity contribution in [3.05, 3.63) is 39.9 Å². The molecular weight excluding hydrogens is 277 g/mol. The number of benzene rings is 1. The predicted molar refractivity (Wildman–Crippen MR) is 71.7 cm³/mol. The Morgan fingerprint density at radius 2 is 1.47 bits per heavy atom. The molecule has 0 aliphatic heterocycles. The zero-order valence-corrected chi connectivity index (χ0v) is 10.1. The molecule has 0 saturated carbocycles. The van der Waals surface area contributed by atoms with E-state index in [0.717, 1.165) is 0 Å². The number of nitrogens with zero attached hydrogens (tertiary/aromatic N) is 3. The van der Waals surface area contributed by atoms with Crippen LogP contribution < -0.4 is 5.32 Å². The molecule has 0 spiro atoms. The second-order valence-corrected chi connectivity index (χ2v) is 3.89. The van der Waals surface area contributed by atoms with Crippen molar-refractivity contribution in [1.82, 2.24) is 15.0 Å². The third kappa shape index (κ3) is 4.02. The molecule has 1 heterocycles. The van der Waals surface area contributed by atoms with Crippen molar-refractivity contribution in [2.75, 3.05) is 5.32 Å². The average molecular weight is 283 g/mol. The first-order valence-corrected chi connectivity index (χ1v) is 5.37. The summed E-state index contributed by atoms with van der Waals surface area (Å²) in [7, 11) is 0. The number of hydrogen-bond donors (Lipinski definition) is 1. The van der Waals surface area contributed by atoms with Crippen LogP contribution in [-0.2, 0) is 0 Å². The van der Waals surface area contributed by atoms with Crippen LogP contribution in [0.25, 0.3) is 0 Å². The number of rotatable bonds is 2. The van der Waals surface area contributed by atoms with E-state index in [1.165, 1.54) is 0 Å². The normalized spacial score (nSPS) is 9.59. The zero-order chi connectivity index (χ0) is 11.5. The Bertz CT molecular complexity index is 503. The van der Waals surface area contributed by atoms with Gasteiger partial charge in [0.2, 0.25) is 16.5 Å². The molecule has 0 radical (unpaired) electrons. The summed E-state index contributed by atoms with van der Waals surface area (Å²) in [6.07, 6.45) is 0. The Morgan fingerprint density at radius 1 is 0.882 bits per heavy atom. The quantitative estimate of drug-likeness (QED) is 0.861. The van der Waals surface area contributed by atoms with Gasteiger partial charge in [-0.05, 0) is 35.3 Å². The standard InChI is InChI=1S/C9H5Cl3N4.Li.H/c10-5-3-1-2-4-6(5)13-9-15-7(11)14-8(12)16-9;;/h1-4H,(H,13,14,15,16);;. The van der Waals surface area contributed by atoms with Gasteiger partial charge in [0.25, 0.3) is 0 Å². The minimum absolute atomic E-state index is 0. The Balaban J connectivity index is 0.00000144. The van der Waals surface area contributed by atoms with Crippen LogP contribution in [0.15, 0.2) is 24.3 Å². The van der Waals surface area contributed by atoms with Crippen LogP contribution in [0.4, 0.5) is 11.6 Å². The van der Waals surface area contributed by atoms with E-state index in [1.54, 1.807) is 12.1 Å². The van der Waals surface area contributed by atoms with Gasteiger partial charge in [-0.1, -0.05) is 23.7 Å². The summed E-state index contributed by atoms with van der Waals surface area (Å²) in [4.78, 5) is 11.4. The van der Waals surface area contributed by atoms with Crippen LogP contribution in [0.3, 0.4) is 0 Å². The number of halogens is 3. The maximum atomic E-state index is 5.95. The summed E-state index contributed by atoms with van der Waals surface area (Å²) in [6, 6.07) is 7.18. The predicted octanol–water partition coefficient (Wildman–Crippen LogP) is 2.93. The molecule has 0 unspecified atom stereocenters. The Hall–Kier alpha value is -0.503. The molecule has 0 amide bonds. The molecule has 0 aliphatic rings. The van der Waals surface area contributed by atoms with Crippen LogP contribution >= 0.6 is 34.8 Å². The van der Waals surface area contributed by atoms with Gasteiger partial charge in [-0.25, -0.2) is 0 Å². The van der Waals surface area contributed by atoms with Gasteiger partial charge in [-0.2, -0.15) is 15.0 Å². The van der Waals surface area contributed by atoms with Gasteiger partial charge in [-0.15, -0.1) is 0 Å². The molecule has 1 aromatic carbocycles. The molecule has 1 aromatic heterocycles. The van der Waals surface area contributed by atoms with Gasteiger partial charge >= 0.3 is 18.9 Å². The fourth-order valence-electron chi connectivity index (χ4n) is 1.06. The number of hydrogen-bond acceptors (Lipinski definition) is 4. The molecule has 2 aromatic rings. The number of aromatic nitrogens is 3. The minimum atomic E-state index is 0. The van der Waals surface area contributed by atoms with Gasteiger partial charge < -0.3 is 5.32 Å². The van der Waals surface area contributed by atoms with Crippen molar-refractivity contribution in [3.8, 4) is 0 Å². The molecule has 1 N–H and O–H groups in total. The van der Waals surface area contributed by atoms with Crippen molar-refractivity contribution >= 4 is 65.3 Å². The van der Waals surface area contributed by atoms with Crippen LogP contribution in [-0.4, -0.2) is 33.8 Å². The van der Waals surface area contributed by atoms with E-state index in [-0.39, 0.29) is 35.4 Å². The molecular formula is C9H6Cl3LiN4. The van der Waals surface area contributed by atoms with E-state index in [0.29, 0.717) is 10.7 Å². The molecule has 2 rings (SSSR count). The SMILES string of the molecule is Clc1nc(Cl)nc(Nc2ccccc2Cl)n1.[LiH]. The van der Waals surface area contributed by atoms with Gasteiger partial charge in [0.15, 0.2) is 0 Å². The number of nitrogens with one attached hydrogen (secondary N) is 1. The monoisotopic (exact) mass is 282 g/mol. The molecule has 0 atom stereocenters. The summed E-state index contributed by atoms with van der Waals surface area (Å²) < 4.78 is 0. The first kappa shape index (κ1) is 14.6. The summed E-state index contributed by atoms with van der Waals surface area (Å²) in [6.45, 7) is 0. The van der Waals surface area contributed by atoms with Crippen molar-refractivity contribution in [2.24, 2.45) is 0 Å². The van der Waals surface area contributed by atoms with Crippen LogP contribution in [0, 0.1) is 0 Å². The van der Waals surface area contributed by atoms with Crippen molar-refractivity contribution in [3.63, 3.8) is 0 Å². The summed E-state index contributed by atoms with van der Waals surface area (Å²) in [5.74, 6) is 0.248. The Labute approximate surface area is 125 Å². The van der Waals surface area contributed by atoms with Crippen molar-refractivity contribution < 1.29 is 0 Å². The van der Waals surface area contributed by atoms with E-state index in [4.69, 9.17) is 34.8 Å². The summed E-state index contributed by atoms with van der Waals surface area (Å²) >= 11 is 17.2. The molecule has 17 heavy (non-hydrogen) atoms. The Morgan fingerprint density at radius 3 is 2.06 bits per heavy atom. The van der Waals surface area contributed by atoms with E-state index in [2.05, 4.69) is 20.3 Å². The second kappa shape index (κ2) is 6.44. The molecule has 0 aliphatic carbocycles. The van der Waals surface area contributed by atoms with Gasteiger partial charge in [0, 0.05) is 0 Å². The van der Waals surface area contributed by atoms with E-state index < -0.39 is 0 Å². The topological polar surface area (TPSA) is 50.7 Å². The van der Waals surface area contributed by atoms with E-state index in [9.17, 15) is 0 Å². The third-order valence-electron chi connectivity index (χ3n) is 1.70. The molecule has 8 heteroatoms. The van der Waals surface area contributed by atoms with Crippen LogP contribution in [0.2, 0.25) is 15.6 Å². The molecule has 84 valence electrons. The molecule has 0 bridgehead atoms. The molecule has 4 nitrogen and oxygen atoms in total. The second-order valence-electron chi connectivity index (χ2n) is 2.80. The van der Waals surface area contributed by atoms with Gasteiger partial charge in [0.05, 0.1) is 10.7 Å². The van der Waals surface area contributed by atoms with E-state index >= 15 is 0 Å². The van der Waals surface area contributed by atoms with Crippen LogP contribution in [0.5, 0.6) is 0 Å². The molecule has 0 saturated heterocycles. The average Bonchev–Trinajstić information content (AvgIpc) is 2.20. The maximum absolute atomic E-state index is 5.95. The fraction of sp³-hybridized carbons (Fsp3) is 0. The summed E-state index contributed by atoms with van der Waals surface area (Å²) in [5, 5.41) is 3.49. The number of para-hydroxylation sites is 1. The van der Waals surface area contributed by atoms with E-state index in [1.807, 2.05) is 12.1 Å².